The van der Waals surface area contributed by atoms with Crippen molar-refractivity contribution in [3.05, 3.63) is 473 Å². The van der Waals surface area contributed by atoms with Crippen LogP contribution in [0, 0.1) is 0 Å². The van der Waals surface area contributed by atoms with Crippen LogP contribution in [0.15, 0.2) is 486 Å². The first-order chi connectivity index (χ1) is 64.0. The summed E-state index contributed by atoms with van der Waals surface area (Å²) in [6, 6.07) is 171. The number of hydrogen-bond donors (Lipinski definition) is 0. The van der Waals surface area contributed by atoms with E-state index >= 15 is 0 Å². The van der Waals surface area contributed by atoms with Gasteiger partial charge in [-0.15, -0.1) is 0 Å². The quantitative estimate of drug-likeness (QED) is 0.135. The van der Waals surface area contributed by atoms with Crippen LogP contribution < -0.4 is 0 Å². The fraction of sp³-hybridized carbons (Fsp3) is 0. The van der Waals surface area contributed by atoms with Crippen molar-refractivity contribution >= 4 is 163 Å². The first-order valence-corrected chi connectivity index (χ1v) is 44.3. The second-order valence-corrected chi connectivity index (χ2v) is 33.8. The van der Waals surface area contributed by atoms with Crippen LogP contribution >= 0.6 is 0 Å². The summed E-state index contributed by atoms with van der Waals surface area (Å²) in [6.07, 6.45) is 0. The van der Waals surface area contributed by atoms with Crippen molar-refractivity contribution < 1.29 is 13.3 Å². The maximum absolute atomic E-state index is 6.53. The number of para-hydroxylation sites is 4. The summed E-state index contributed by atoms with van der Waals surface area (Å²) >= 11 is 0. The fourth-order valence-electron chi connectivity index (χ4n) is 20.5. The molecular formula is C126H78O3. The predicted molar refractivity (Wildman–Crippen MR) is 548 cm³/mol. The Kier molecular flexibility index (Phi) is 18.0. The molecule has 0 aliphatic carbocycles. The van der Waals surface area contributed by atoms with Gasteiger partial charge in [0.25, 0.3) is 0 Å². The average Bonchev–Trinajstić information content (AvgIpc) is 1.55. The highest BCUT2D eigenvalue weighted by atomic mass is 16.3. The lowest BCUT2D eigenvalue weighted by Gasteiger charge is -2.18. The summed E-state index contributed by atoms with van der Waals surface area (Å²) in [7, 11) is 0. The Bertz CT molecular complexity index is 8990. The van der Waals surface area contributed by atoms with Gasteiger partial charge in [0, 0.05) is 43.4 Å². The van der Waals surface area contributed by atoms with Crippen LogP contribution in [0.4, 0.5) is 0 Å². The van der Waals surface area contributed by atoms with E-state index in [1.807, 2.05) is 30.3 Å². The number of hydrogen-bond acceptors (Lipinski definition) is 3. The molecule has 0 aliphatic heterocycles. The van der Waals surface area contributed by atoms with Gasteiger partial charge in [-0.05, 0) is 247 Å². The molecule has 24 aromatic carbocycles. The van der Waals surface area contributed by atoms with Crippen LogP contribution in [0.25, 0.3) is 263 Å². The number of rotatable bonds is 9. The normalized spacial score (nSPS) is 11.7. The monoisotopic (exact) mass is 1640 g/mol. The molecular weight excluding hydrogens is 1560 g/mol. The molecule has 0 amide bonds. The van der Waals surface area contributed by atoms with Crippen molar-refractivity contribution in [3.63, 3.8) is 0 Å². The molecule has 3 nitrogen and oxygen atoms in total. The van der Waals surface area contributed by atoms with Gasteiger partial charge in [0.2, 0.25) is 0 Å². The van der Waals surface area contributed by atoms with Gasteiger partial charge in [-0.3, -0.25) is 0 Å². The summed E-state index contributed by atoms with van der Waals surface area (Å²) < 4.78 is 18.8. The number of benzene rings is 24. The van der Waals surface area contributed by atoms with Gasteiger partial charge in [-0.1, -0.05) is 413 Å². The van der Waals surface area contributed by atoms with Crippen LogP contribution in [-0.4, -0.2) is 0 Å². The van der Waals surface area contributed by atoms with E-state index in [1.165, 1.54) is 192 Å². The molecule has 0 spiro atoms. The molecule has 27 aromatic rings. The third-order valence-electron chi connectivity index (χ3n) is 26.6. The topological polar surface area (TPSA) is 39.4 Å². The minimum atomic E-state index is 0.918. The van der Waals surface area contributed by atoms with Crippen LogP contribution in [0.1, 0.15) is 0 Å². The molecule has 3 heterocycles. The van der Waals surface area contributed by atoms with E-state index in [4.69, 9.17) is 13.3 Å². The molecule has 0 saturated heterocycles. The molecule has 0 atom stereocenters. The summed E-state index contributed by atoms with van der Waals surface area (Å²) in [5.74, 6) is 0. The van der Waals surface area contributed by atoms with E-state index < -0.39 is 0 Å². The van der Waals surface area contributed by atoms with Gasteiger partial charge >= 0.3 is 0 Å². The van der Waals surface area contributed by atoms with E-state index in [2.05, 4.69) is 443 Å². The highest BCUT2D eigenvalue weighted by molar-refractivity contribution is 6.27. The minimum Gasteiger partial charge on any atom is -0.456 e. The lowest BCUT2D eigenvalue weighted by atomic mass is 9.85. The highest BCUT2D eigenvalue weighted by Crippen LogP contribution is 2.51. The molecule has 129 heavy (non-hydrogen) atoms. The Balaban J connectivity index is 0.000000105. The molecule has 0 bridgehead atoms. The molecule has 600 valence electrons. The second-order valence-electron chi connectivity index (χ2n) is 33.8. The maximum atomic E-state index is 6.53. The van der Waals surface area contributed by atoms with E-state index in [0.717, 1.165) is 71.4 Å². The molecule has 0 aliphatic rings. The number of furan rings is 3. The van der Waals surface area contributed by atoms with Crippen LogP contribution in [0.5, 0.6) is 0 Å². The molecule has 0 unspecified atom stereocenters. The van der Waals surface area contributed by atoms with Gasteiger partial charge in [-0.25, -0.2) is 0 Å². The van der Waals surface area contributed by atoms with Crippen molar-refractivity contribution in [1.29, 1.82) is 0 Å². The van der Waals surface area contributed by atoms with Crippen LogP contribution in [0.3, 0.4) is 0 Å². The standard InChI is InChI=1S/3C42H26O/c1-2-11-30-26-31(25-22-27(30)10-1)28-20-23-29(24-21-28)40-33-13-3-5-15-35(33)41(36-16-6-4-14-34(36)40)38-18-9-17-37-32-12-7-8-19-39(32)43-42(37)38;1-2-10-30-25-32(22-19-27(30)9-1)42-36-14-5-3-12-34(36)41(35-13-4-6-15-37(35)42)29-20-17-28(18-21-29)31-23-24-40-38(26-31)33-11-7-8-16-39(33)43-40;1-2-10-30-25-31(22-19-27(30)9-1)28-17-20-29(21-18-28)41-34-12-3-5-14-36(34)42(37-15-6-4-13-35(37)41)32-23-24-40-38(26-32)33-11-7-8-16-39(33)43-40/h3*1-26H. The first kappa shape index (κ1) is 74.6. The largest absolute Gasteiger partial charge is 0.456 e. The smallest absolute Gasteiger partial charge is 0.143 e. The Hall–Kier alpha value is -17.0. The SMILES string of the molecule is c1ccc2cc(-c3c4ccccc4c(-c4ccc(-c5ccc6oc7ccccc7c6c5)cc4)c4ccccc34)ccc2c1.c1ccc2cc(-c3ccc(-c4c5ccccc5c(-c5ccc6oc7ccccc7c6c5)c5ccccc45)cc3)ccc2c1.c1ccc2cc(-c3ccc(-c4c5ccccc5c(-c5cccc6c5oc5ccccc56)c5ccccc45)cc3)ccc2c1. The van der Waals surface area contributed by atoms with Gasteiger partial charge in [0.15, 0.2) is 0 Å². The van der Waals surface area contributed by atoms with E-state index in [9.17, 15) is 0 Å². The van der Waals surface area contributed by atoms with E-state index in [0.29, 0.717) is 0 Å². The summed E-state index contributed by atoms with van der Waals surface area (Å²) in [4.78, 5) is 0. The highest BCUT2D eigenvalue weighted by Gasteiger charge is 2.24. The molecule has 0 saturated carbocycles. The average molecular weight is 1640 g/mol. The zero-order valence-electron chi connectivity index (χ0n) is 70.3. The van der Waals surface area contributed by atoms with Crippen molar-refractivity contribution in [2.75, 3.05) is 0 Å². The van der Waals surface area contributed by atoms with Gasteiger partial charge < -0.3 is 13.3 Å². The zero-order valence-corrected chi connectivity index (χ0v) is 70.3. The fourth-order valence-corrected chi connectivity index (χ4v) is 20.5. The Morgan fingerprint density at radius 1 is 0.109 bits per heavy atom. The van der Waals surface area contributed by atoms with Crippen molar-refractivity contribution in [2.24, 2.45) is 0 Å². The first-order valence-electron chi connectivity index (χ1n) is 44.3. The van der Waals surface area contributed by atoms with Gasteiger partial charge in [-0.2, -0.15) is 0 Å². The van der Waals surface area contributed by atoms with Gasteiger partial charge in [0.1, 0.15) is 33.5 Å². The van der Waals surface area contributed by atoms with Crippen molar-refractivity contribution in [2.45, 2.75) is 0 Å². The third kappa shape index (κ3) is 12.9. The summed E-state index contributed by atoms with van der Waals surface area (Å²) in [5, 5.41) is 29.5. The van der Waals surface area contributed by atoms with Crippen molar-refractivity contribution in [1.82, 2.24) is 0 Å². The molecule has 27 rings (SSSR count). The number of fused-ring (bicyclic) bond motifs is 18. The summed E-state index contributed by atoms with van der Waals surface area (Å²) in [6.45, 7) is 0. The zero-order chi connectivity index (χ0) is 85.0. The Morgan fingerprint density at radius 3 is 0.690 bits per heavy atom. The predicted octanol–water partition coefficient (Wildman–Crippen LogP) is 36.1. The molecule has 0 radical (unpaired) electrons. The molecule has 3 heteroatoms. The lowest BCUT2D eigenvalue weighted by molar-refractivity contribution is 0.668. The van der Waals surface area contributed by atoms with Crippen LogP contribution in [-0.2, 0) is 0 Å². The van der Waals surface area contributed by atoms with Crippen molar-refractivity contribution in [3.8, 4) is 100 Å². The minimum absolute atomic E-state index is 0.918. The molecule has 0 N–H and O–H groups in total. The van der Waals surface area contributed by atoms with E-state index in [1.54, 1.807) is 0 Å². The van der Waals surface area contributed by atoms with Crippen LogP contribution in [0.2, 0.25) is 0 Å². The van der Waals surface area contributed by atoms with Gasteiger partial charge in [0.05, 0.1) is 0 Å². The lowest BCUT2D eigenvalue weighted by Crippen LogP contribution is -1.91. The Labute approximate surface area is 744 Å². The second kappa shape index (κ2) is 31.1. The molecule has 3 aromatic heterocycles. The maximum Gasteiger partial charge on any atom is 0.143 e. The Morgan fingerprint density at radius 2 is 0.326 bits per heavy atom. The summed E-state index contributed by atoms with van der Waals surface area (Å²) in [5.41, 5.74) is 27.6. The van der Waals surface area contributed by atoms with E-state index in [-0.39, 0.29) is 0 Å². The molecule has 0 fully saturated rings. The third-order valence-corrected chi connectivity index (χ3v) is 26.6.